The number of aryl methyl sites for hydroxylation is 1. The highest BCUT2D eigenvalue weighted by Crippen LogP contribution is 2.30. The van der Waals surface area contributed by atoms with Crippen LogP contribution < -0.4 is 5.32 Å². The molecule has 2 aromatic carbocycles. The van der Waals surface area contributed by atoms with Crippen molar-refractivity contribution in [2.45, 2.75) is 32.1 Å². The lowest BCUT2D eigenvalue weighted by molar-refractivity contribution is -0.115. The minimum atomic E-state index is -0.246. The first-order chi connectivity index (χ1) is 13.1. The van der Waals surface area contributed by atoms with E-state index in [4.69, 9.17) is 0 Å². The molecular formula is C23H23FN2O. The summed E-state index contributed by atoms with van der Waals surface area (Å²) >= 11 is 0. The predicted molar refractivity (Wildman–Crippen MR) is 106 cm³/mol. The molecule has 0 saturated heterocycles. The molecule has 3 nitrogen and oxygen atoms in total. The van der Waals surface area contributed by atoms with Gasteiger partial charge in [0.2, 0.25) is 0 Å². The van der Waals surface area contributed by atoms with Gasteiger partial charge in [0, 0.05) is 41.3 Å². The lowest BCUT2D eigenvalue weighted by Crippen LogP contribution is -2.24. The summed E-state index contributed by atoms with van der Waals surface area (Å²) in [4.78, 5) is 15.6. The van der Waals surface area contributed by atoms with E-state index in [0.717, 1.165) is 36.2 Å². The molecule has 0 fully saturated rings. The molecule has 0 aliphatic heterocycles. The number of aromatic nitrogens is 1. The van der Waals surface area contributed by atoms with Gasteiger partial charge in [0.1, 0.15) is 5.82 Å². The van der Waals surface area contributed by atoms with Crippen LogP contribution in [-0.2, 0) is 11.2 Å². The second-order valence-electron chi connectivity index (χ2n) is 7.24. The molecule has 138 valence electrons. The van der Waals surface area contributed by atoms with Crippen molar-refractivity contribution in [1.82, 2.24) is 10.3 Å². The zero-order valence-electron chi connectivity index (χ0n) is 15.4. The van der Waals surface area contributed by atoms with Gasteiger partial charge in [0.15, 0.2) is 5.78 Å². The highest BCUT2D eigenvalue weighted by Gasteiger charge is 2.22. The van der Waals surface area contributed by atoms with Crippen molar-refractivity contribution >= 4 is 16.7 Å². The van der Waals surface area contributed by atoms with Crippen molar-refractivity contribution in [3.63, 3.8) is 0 Å². The number of hydrogen-bond acceptors (Lipinski definition) is 2. The standard InChI is InChI=1S/C23H23FN2O/c1-15-21(22-4-2-3-5-23(22)26-15)10-11-25-19-12-17(13-20(27)14-19)16-6-8-18(24)9-7-16/h2-9,14,17,25-26H,10-13H2,1H3/t17-/m0/s1. The molecule has 3 aromatic rings. The van der Waals surface area contributed by atoms with Crippen LogP contribution in [0.2, 0.25) is 0 Å². The average molecular weight is 362 g/mol. The van der Waals surface area contributed by atoms with Gasteiger partial charge in [-0.25, -0.2) is 4.39 Å². The Morgan fingerprint density at radius 3 is 2.70 bits per heavy atom. The molecule has 1 heterocycles. The number of allylic oxidation sites excluding steroid dienone is 2. The molecule has 0 radical (unpaired) electrons. The van der Waals surface area contributed by atoms with Crippen LogP contribution in [0, 0.1) is 12.7 Å². The van der Waals surface area contributed by atoms with Crippen LogP contribution >= 0.6 is 0 Å². The van der Waals surface area contributed by atoms with E-state index in [9.17, 15) is 9.18 Å². The van der Waals surface area contributed by atoms with Crippen molar-refractivity contribution in [3.05, 3.63) is 82.9 Å². The highest BCUT2D eigenvalue weighted by molar-refractivity contribution is 5.92. The topological polar surface area (TPSA) is 44.9 Å². The van der Waals surface area contributed by atoms with Gasteiger partial charge in [-0.1, -0.05) is 30.3 Å². The summed E-state index contributed by atoms with van der Waals surface area (Å²) in [7, 11) is 0. The van der Waals surface area contributed by atoms with E-state index in [-0.39, 0.29) is 17.5 Å². The quantitative estimate of drug-likeness (QED) is 0.686. The van der Waals surface area contributed by atoms with Crippen molar-refractivity contribution in [2.75, 3.05) is 6.54 Å². The number of H-pyrrole nitrogens is 1. The highest BCUT2D eigenvalue weighted by atomic mass is 19.1. The number of carbonyl (C=O) groups is 1. The summed E-state index contributed by atoms with van der Waals surface area (Å²) in [5.41, 5.74) is 5.66. The van der Waals surface area contributed by atoms with E-state index in [1.165, 1.54) is 28.8 Å². The zero-order valence-corrected chi connectivity index (χ0v) is 15.4. The van der Waals surface area contributed by atoms with E-state index in [2.05, 4.69) is 35.4 Å². The maximum absolute atomic E-state index is 13.2. The number of carbonyl (C=O) groups excluding carboxylic acids is 1. The molecular weight excluding hydrogens is 339 g/mol. The molecule has 1 aromatic heterocycles. The Morgan fingerprint density at radius 1 is 1.11 bits per heavy atom. The van der Waals surface area contributed by atoms with E-state index >= 15 is 0 Å². The summed E-state index contributed by atoms with van der Waals surface area (Å²) in [6.07, 6.45) is 3.88. The summed E-state index contributed by atoms with van der Waals surface area (Å²) in [5, 5.41) is 4.70. The summed E-state index contributed by atoms with van der Waals surface area (Å²) in [6.45, 7) is 2.88. The third kappa shape index (κ3) is 3.80. The van der Waals surface area contributed by atoms with Gasteiger partial charge in [0.25, 0.3) is 0 Å². The number of fused-ring (bicyclic) bond motifs is 1. The van der Waals surface area contributed by atoms with Crippen LogP contribution in [0.5, 0.6) is 0 Å². The van der Waals surface area contributed by atoms with Crippen LogP contribution in [0.1, 0.15) is 35.6 Å². The summed E-state index contributed by atoms with van der Waals surface area (Å²) < 4.78 is 13.2. The van der Waals surface area contributed by atoms with E-state index in [0.29, 0.717) is 6.42 Å². The van der Waals surface area contributed by atoms with Crippen molar-refractivity contribution in [3.8, 4) is 0 Å². The van der Waals surface area contributed by atoms with E-state index in [1.807, 2.05) is 6.07 Å². The number of nitrogens with one attached hydrogen (secondary N) is 2. The molecule has 0 unspecified atom stereocenters. The fraction of sp³-hybridized carbons (Fsp3) is 0.261. The molecule has 0 amide bonds. The number of aromatic amines is 1. The number of rotatable bonds is 5. The summed E-state index contributed by atoms with van der Waals surface area (Å²) in [6, 6.07) is 14.8. The number of ketones is 1. The SMILES string of the molecule is Cc1[nH]c2ccccc2c1CCNC1=CC(=O)C[C@@H](c2ccc(F)cc2)C1. The number of hydrogen-bond donors (Lipinski definition) is 2. The van der Waals surface area contributed by atoms with E-state index < -0.39 is 0 Å². The zero-order chi connectivity index (χ0) is 18.8. The minimum absolute atomic E-state index is 0.112. The Labute approximate surface area is 158 Å². The Bertz CT molecular complexity index is 1000. The first-order valence-electron chi connectivity index (χ1n) is 9.39. The van der Waals surface area contributed by atoms with Crippen LogP contribution in [0.25, 0.3) is 10.9 Å². The molecule has 27 heavy (non-hydrogen) atoms. The number of para-hydroxylation sites is 1. The van der Waals surface area contributed by atoms with Gasteiger partial charge in [-0.3, -0.25) is 4.79 Å². The van der Waals surface area contributed by atoms with Crippen molar-refractivity contribution in [1.29, 1.82) is 0 Å². The third-order valence-electron chi connectivity index (χ3n) is 5.34. The molecule has 1 atom stereocenters. The maximum Gasteiger partial charge on any atom is 0.158 e. The Hall–Kier alpha value is -2.88. The second kappa shape index (κ2) is 7.39. The molecule has 0 saturated carbocycles. The fourth-order valence-electron chi connectivity index (χ4n) is 3.99. The first kappa shape index (κ1) is 17.5. The second-order valence-corrected chi connectivity index (χ2v) is 7.24. The van der Waals surface area contributed by atoms with Gasteiger partial charge in [0.05, 0.1) is 0 Å². The van der Waals surface area contributed by atoms with Crippen LogP contribution in [0.4, 0.5) is 4.39 Å². The normalized spacial score (nSPS) is 17.2. The predicted octanol–water partition coefficient (Wildman–Crippen LogP) is 4.78. The molecule has 4 heteroatoms. The van der Waals surface area contributed by atoms with Crippen LogP contribution in [0.3, 0.4) is 0 Å². The van der Waals surface area contributed by atoms with Gasteiger partial charge in [-0.2, -0.15) is 0 Å². The lowest BCUT2D eigenvalue weighted by Gasteiger charge is -2.23. The molecule has 0 bridgehead atoms. The Balaban J connectivity index is 1.42. The van der Waals surface area contributed by atoms with Crippen molar-refractivity contribution < 1.29 is 9.18 Å². The molecule has 2 N–H and O–H groups in total. The Morgan fingerprint density at radius 2 is 1.89 bits per heavy atom. The number of benzene rings is 2. The maximum atomic E-state index is 13.2. The first-order valence-corrected chi connectivity index (χ1v) is 9.39. The van der Waals surface area contributed by atoms with Gasteiger partial charge < -0.3 is 10.3 Å². The molecule has 0 spiro atoms. The Kier molecular flexibility index (Phi) is 4.80. The smallest absolute Gasteiger partial charge is 0.158 e. The molecule has 1 aliphatic carbocycles. The molecule has 4 rings (SSSR count). The van der Waals surface area contributed by atoms with E-state index in [1.54, 1.807) is 18.2 Å². The van der Waals surface area contributed by atoms with Gasteiger partial charge in [-0.05, 0) is 55.0 Å². The lowest BCUT2D eigenvalue weighted by atomic mass is 9.85. The summed E-state index contributed by atoms with van der Waals surface area (Å²) in [5.74, 6) is -0.00866. The monoisotopic (exact) mass is 362 g/mol. The van der Waals surface area contributed by atoms with Gasteiger partial charge >= 0.3 is 0 Å². The average Bonchev–Trinajstić information content (AvgIpc) is 2.97. The largest absolute Gasteiger partial charge is 0.388 e. The van der Waals surface area contributed by atoms with Gasteiger partial charge in [-0.15, -0.1) is 0 Å². The molecule has 1 aliphatic rings. The van der Waals surface area contributed by atoms with Crippen molar-refractivity contribution in [2.24, 2.45) is 0 Å². The van der Waals surface area contributed by atoms with Crippen LogP contribution in [-0.4, -0.2) is 17.3 Å². The fourth-order valence-corrected chi connectivity index (χ4v) is 3.99. The minimum Gasteiger partial charge on any atom is -0.388 e. The number of halogens is 1. The van der Waals surface area contributed by atoms with Crippen LogP contribution in [0.15, 0.2) is 60.3 Å². The third-order valence-corrected chi connectivity index (χ3v) is 5.34.